The molecule has 0 aliphatic carbocycles. The van der Waals surface area contributed by atoms with E-state index in [2.05, 4.69) is 31.8 Å². The summed E-state index contributed by atoms with van der Waals surface area (Å²) in [7, 11) is 0. The van der Waals surface area contributed by atoms with Crippen molar-refractivity contribution < 1.29 is 24.2 Å². The molecule has 0 saturated carbocycles. The quantitative estimate of drug-likeness (QED) is 0.212. The summed E-state index contributed by atoms with van der Waals surface area (Å²) in [5, 5.41) is 16.1. The number of carbonyl (C=O) groups excluding carboxylic acids is 1. The average Bonchev–Trinajstić information content (AvgIpc) is 2.81. The number of carboxylic acid groups (broad SMARTS) is 1. The first-order valence-corrected chi connectivity index (χ1v) is 11.7. The molecule has 0 atom stereocenters. The number of halogens is 2. The van der Waals surface area contributed by atoms with Gasteiger partial charge >= 0.3 is 12.0 Å². The predicted molar refractivity (Wildman–Crippen MR) is 139 cm³/mol. The summed E-state index contributed by atoms with van der Waals surface area (Å²) in [6.45, 7) is 4.22. The second kappa shape index (κ2) is 12.2. The zero-order chi connectivity index (χ0) is 25.4. The number of aryl methyl sites for hydroxylation is 1. The third-order valence-corrected chi connectivity index (χ3v) is 5.85. The molecule has 3 N–H and O–H groups in total. The van der Waals surface area contributed by atoms with E-state index in [0.29, 0.717) is 34.9 Å². The number of hydrogen-bond donors (Lipinski definition) is 3. The number of rotatable bonds is 9. The smallest absolute Gasteiger partial charge is 0.339 e. The number of amides is 2. The molecule has 0 heterocycles. The van der Waals surface area contributed by atoms with Gasteiger partial charge in [0.25, 0.3) is 0 Å². The maximum absolute atomic E-state index is 12.1. The van der Waals surface area contributed by atoms with Crippen LogP contribution in [0.25, 0.3) is 0 Å². The fraction of sp³-hybridized carbons (Fsp3) is 0.160. The van der Waals surface area contributed by atoms with Crippen molar-refractivity contribution in [2.45, 2.75) is 20.5 Å². The fourth-order valence-electron chi connectivity index (χ4n) is 3.06. The zero-order valence-electron chi connectivity index (χ0n) is 19.0. The third-order valence-electron chi connectivity index (χ3n) is 4.68. The highest BCUT2D eigenvalue weighted by molar-refractivity contribution is 9.10. The van der Waals surface area contributed by atoms with Crippen molar-refractivity contribution in [1.82, 2.24) is 5.43 Å². The molecule has 3 aromatic rings. The van der Waals surface area contributed by atoms with Crippen LogP contribution in [0.3, 0.4) is 0 Å². The molecule has 0 unspecified atom stereocenters. The van der Waals surface area contributed by atoms with Gasteiger partial charge in [-0.1, -0.05) is 39.7 Å². The Morgan fingerprint density at radius 1 is 1.14 bits per heavy atom. The summed E-state index contributed by atoms with van der Waals surface area (Å²) in [5.41, 5.74) is 5.45. The number of anilines is 1. The van der Waals surface area contributed by atoms with E-state index in [4.69, 9.17) is 26.2 Å². The number of carbonyl (C=O) groups is 2. The highest BCUT2D eigenvalue weighted by Gasteiger charge is 2.13. The standard InChI is InChI=1S/C25H23BrClN3O5/c1-3-34-22-12-17(13-28-30-25(33)29-19-7-8-20(26)15(2)9-19)11-21(27)23(22)35-14-16-5-4-6-18(10-16)24(31)32/h4-13H,3,14H2,1-2H3,(H,31,32)(H2,29,30,33)/b28-13+. The van der Waals surface area contributed by atoms with Crippen LogP contribution in [0.1, 0.15) is 34.0 Å². The van der Waals surface area contributed by atoms with Gasteiger partial charge < -0.3 is 19.9 Å². The minimum absolute atomic E-state index is 0.103. The summed E-state index contributed by atoms with van der Waals surface area (Å²) in [6.07, 6.45) is 1.43. The Labute approximate surface area is 216 Å². The first-order valence-electron chi connectivity index (χ1n) is 10.5. The third kappa shape index (κ3) is 7.46. The van der Waals surface area contributed by atoms with Gasteiger partial charge in [-0.05, 0) is 73.0 Å². The molecule has 0 aromatic heterocycles. The number of nitrogens with one attached hydrogen (secondary N) is 2. The molecule has 35 heavy (non-hydrogen) atoms. The SMILES string of the molecule is CCOc1cc(/C=N/NC(=O)Nc2ccc(Br)c(C)c2)cc(Cl)c1OCc1cccc(C(=O)O)c1. The number of benzene rings is 3. The summed E-state index contributed by atoms with van der Waals surface area (Å²) in [4.78, 5) is 23.3. The number of ether oxygens (including phenoxy) is 2. The molecule has 10 heteroatoms. The molecular formula is C25H23BrClN3O5. The first-order chi connectivity index (χ1) is 16.8. The van der Waals surface area contributed by atoms with Gasteiger partial charge in [0.2, 0.25) is 0 Å². The average molecular weight is 561 g/mol. The molecule has 0 aliphatic rings. The number of nitrogens with zero attached hydrogens (tertiary/aromatic N) is 1. The van der Waals surface area contributed by atoms with Gasteiger partial charge in [-0.25, -0.2) is 15.0 Å². The van der Waals surface area contributed by atoms with Crippen LogP contribution in [0.2, 0.25) is 5.02 Å². The van der Waals surface area contributed by atoms with Crippen LogP contribution in [-0.4, -0.2) is 29.9 Å². The van der Waals surface area contributed by atoms with Crippen molar-refractivity contribution in [2.75, 3.05) is 11.9 Å². The molecule has 3 aromatic carbocycles. The Hall–Kier alpha value is -3.56. The highest BCUT2D eigenvalue weighted by atomic mass is 79.9. The van der Waals surface area contributed by atoms with Crippen LogP contribution < -0.4 is 20.2 Å². The molecule has 8 nitrogen and oxygen atoms in total. The summed E-state index contributed by atoms with van der Waals surface area (Å²) < 4.78 is 12.5. The second-order valence-corrected chi connectivity index (χ2v) is 8.61. The maximum atomic E-state index is 12.1. The number of hydrazone groups is 1. The normalized spacial score (nSPS) is 10.7. The van der Waals surface area contributed by atoms with Gasteiger partial charge in [0.1, 0.15) is 6.61 Å². The Morgan fingerprint density at radius 3 is 2.66 bits per heavy atom. The lowest BCUT2D eigenvalue weighted by molar-refractivity contribution is 0.0696. The molecule has 0 saturated heterocycles. The zero-order valence-corrected chi connectivity index (χ0v) is 21.3. The highest BCUT2D eigenvalue weighted by Crippen LogP contribution is 2.37. The molecule has 0 bridgehead atoms. The lowest BCUT2D eigenvalue weighted by Crippen LogP contribution is -2.24. The van der Waals surface area contributed by atoms with Crippen LogP contribution in [0.15, 0.2) is 64.2 Å². The number of carboxylic acids is 1. The van der Waals surface area contributed by atoms with E-state index in [1.165, 1.54) is 18.3 Å². The van der Waals surface area contributed by atoms with Gasteiger partial charge in [-0.3, -0.25) is 0 Å². The Bertz CT molecular complexity index is 1270. The monoisotopic (exact) mass is 559 g/mol. The Balaban J connectivity index is 1.67. The van der Waals surface area contributed by atoms with E-state index < -0.39 is 12.0 Å². The maximum Gasteiger partial charge on any atom is 0.339 e. The lowest BCUT2D eigenvalue weighted by atomic mass is 10.1. The van der Waals surface area contributed by atoms with Crippen LogP contribution in [0, 0.1) is 6.92 Å². The van der Waals surface area contributed by atoms with Gasteiger partial charge in [-0.2, -0.15) is 5.10 Å². The first kappa shape index (κ1) is 26.1. The molecule has 0 fully saturated rings. The van der Waals surface area contributed by atoms with Crippen molar-refractivity contribution >= 4 is 51.4 Å². The number of urea groups is 1. The van der Waals surface area contributed by atoms with Gasteiger partial charge in [0.15, 0.2) is 11.5 Å². The van der Waals surface area contributed by atoms with E-state index in [0.717, 1.165) is 10.0 Å². The van der Waals surface area contributed by atoms with Crippen molar-refractivity contribution in [3.05, 3.63) is 86.3 Å². The second-order valence-electron chi connectivity index (χ2n) is 7.35. The minimum Gasteiger partial charge on any atom is -0.490 e. The van der Waals surface area contributed by atoms with E-state index in [9.17, 15) is 9.59 Å². The number of aromatic carboxylic acids is 1. The topological polar surface area (TPSA) is 109 Å². The molecule has 182 valence electrons. The van der Waals surface area contributed by atoms with Gasteiger partial charge in [-0.15, -0.1) is 0 Å². The lowest BCUT2D eigenvalue weighted by Gasteiger charge is -2.14. The molecule has 3 rings (SSSR count). The van der Waals surface area contributed by atoms with Crippen molar-refractivity contribution in [3.63, 3.8) is 0 Å². The Morgan fingerprint density at radius 2 is 1.94 bits per heavy atom. The number of hydrogen-bond acceptors (Lipinski definition) is 5. The van der Waals surface area contributed by atoms with Crippen molar-refractivity contribution in [3.8, 4) is 11.5 Å². The van der Waals surface area contributed by atoms with Crippen LogP contribution in [0.5, 0.6) is 11.5 Å². The van der Waals surface area contributed by atoms with Gasteiger partial charge in [0.05, 0.1) is 23.4 Å². The minimum atomic E-state index is -1.02. The molecule has 0 spiro atoms. The molecule has 0 aliphatic heterocycles. The fourth-order valence-corrected chi connectivity index (χ4v) is 3.58. The van der Waals surface area contributed by atoms with Crippen molar-refractivity contribution in [2.24, 2.45) is 5.10 Å². The van der Waals surface area contributed by atoms with Crippen LogP contribution in [-0.2, 0) is 6.61 Å². The van der Waals surface area contributed by atoms with E-state index in [1.807, 2.05) is 26.0 Å². The van der Waals surface area contributed by atoms with Crippen LogP contribution >= 0.6 is 27.5 Å². The molecule has 2 amide bonds. The summed E-state index contributed by atoms with van der Waals surface area (Å²) >= 11 is 9.85. The predicted octanol–water partition coefficient (Wildman–Crippen LogP) is 6.24. The molecule has 0 radical (unpaired) electrons. The summed E-state index contributed by atoms with van der Waals surface area (Å²) in [5.74, 6) is -0.300. The van der Waals surface area contributed by atoms with E-state index in [1.54, 1.807) is 30.3 Å². The van der Waals surface area contributed by atoms with Crippen molar-refractivity contribution in [1.29, 1.82) is 0 Å². The van der Waals surface area contributed by atoms with E-state index >= 15 is 0 Å². The van der Waals surface area contributed by atoms with Crippen LogP contribution in [0.4, 0.5) is 10.5 Å². The van der Waals surface area contributed by atoms with E-state index in [-0.39, 0.29) is 17.2 Å². The Kier molecular flexibility index (Phi) is 9.11. The summed E-state index contributed by atoms with van der Waals surface area (Å²) in [6, 6.07) is 14.7. The largest absolute Gasteiger partial charge is 0.490 e. The molecular weight excluding hydrogens is 538 g/mol. The van der Waals surface area contributed by atoms with Gasteiger partial charge in [0, 0.05) is 10.2 Å².